The van der Waals surface area contributed by atoms with Gasteiger partial charge < -0.3 is 18.9 Å². The van der Waals surface area contributed by atoms with Crippen LogP contribution in [0.3, 0.4) is 0 Å². The highest BCUT2D eigenvalue weighted by Crippen LogP contribution is 2.56. The minimum Gasteiger partial charge on any atom is -0.493 e. The Hall–Kier alpha value is -5.63. The average Bonchev–Trinajstić information content (AvgIpc) is 3.89. The molecular formula is C62H68O10S3. The molecule has 0 unspecified atom stereocenters. The lowest BCUT2D eigenvalue weighted by Crippen LogP contribution is -2.15. The van der Waals surface area contributed by atoms with Crippen molar-refractivity contribution in [3.05, 3.63) is 97.1 Å². The van der Waals surface area contributed by atoms with E-state index >= 15 is 8.42 Å². The fourth-order valence-corrected chi connectivity index (χ4v) is 17.1. The van der Waals surface area contributed by atoms with E-state index in [1.165, 1.54) is 12.8 Å². The highest BCUT2D eigenvalue weighted by Gasteiger charge is 2.40. The number of fused-ring (bicyclic) bond motifs is 9. The molecule has 0 radical (unpaired) electrons. The molecule has 2 aliphatic carbocycles. The van der Waals surface area contributed by atoms with Gasteiger partial charge in [0.2, 0.25) is 29.5 Å². The van der Waals surface area contributed by atoms with E-state index in [4.69, 9.17) is 18.9 Å². The summed E-state index contributed by atoms with van der Waals surface area (Å²) < 4.78 is 116. The van der Waals surface area contributed by atoms with Crippen molar-refractivity contribution >= 4 is 29.5 Å². The second-order valence-corrected chi connectivity index (χ2v) is 27.0. The van der Waals surface area contributed by atoms with Gasteiger partial charge in [0.15, 0.2) is 0 Å². The summed E-state index contributed by atoms with van der Waals surface area (Å²) in [7, 11) is -12.2. The Labute approximate surface area is 444 Å². The predicted molar refractivity (Wildman–Crippen MR) is 293 cm³/mol. The van der Waals surface area contributed by atoms with Gasteiger partial charge in [-0.2, -0.15) is 0 Å². The lowest BCUT2D eigenvalue weighted by atomic mass is 9.90. The lowest BCUT2D eigenvalue weighted by Gasteiger charge is -2.24. The summed E-state index contributed by atoms with van der Waals surface area (Å²) in [6.07, 6.45) is 18.6. The average molecular weight is 1070 g/mol. The van der Waals surface area contributed by atoms with Crippen LogP contribution >= 0.6 is 0 Å². The van der Waals surface area contributed by atoms with E-state index in [0.717, 1.165) is 103 Å². The second kappa shape index (κ2) is 21.4. The monoisotopic (exact) mass is 1070 g/mol. The maximum Gasteiger partial charge on any atom is 0.207 e. The van der Waals surface area contributed by atoms with Gasteiger partial charge in [-0.05, 0) is 111 Å². The normalized spacial score (nSPS) is 17.6. The largest absolute Gasteiger partial charge is 0.493 e. The topological polar surface area (TPSA) is 139 Å². The molecule has 0 aromatic heterocycles. The molecule has 6 aromatic carbocycles. The second-order valence-electron chi connectivity index (χ2n) is 21.3. The molecule has 6 aromatic rings. The molecule has 2 fully saturated rings. The first-order chi connectivity index (χ1) is 36.4. The van der Waals surface area contributed by atoms with Gasteiger partial charge in [0.25, 0.3) is 0 Å². The van der Waals surface area contributed by atoms with Crippen LogP contribution in [0, 0.1) is 11.8 Å². The van der Waals surface area contributed by atoms with Gasteiger partial charge in [0.1, 0.15) is 23.0 Å². The van der Waals surface area contributed by atoms with E-state index in [-0.39, 0.29) is 29.4 Å². The zero-order valence-electron chi connectivity index (χ0n) is 43.3. The summed E-state index contributed by atoms with van der Waals surface area (Å²) in [5, 5.41) is 0. The van der Waals surface area contributed by atoms with Crippen LogP contribution in [0.25, 0.3) is 55.6 Å². The fraction of sp³-hybridized carbons (Fsp3) is 0.419. The zero-order valence-corrected chi connectivity index (χ0v) is 45.7. The third-order valence-electron chi connectivity index (χ3n) is 16.2. The van der Waals surface area contributed by atoms with Crippen molar-refractivity contribution in [2.24, 2.45) is 11.8 Å². The van der Waals surface area contributed by atoms with E-state index in [9.17, 15) is 16.8 Å². The molecule has 13 heteroatoms. The molecule has 3 heterocycles. The van der Waals surface area contributed by atoms with E-state index in [1.54, 1.807) is 60.7 Å². The minimum absolute atomic E-state index is 0.0489. The molecular weight excluding hydrogens is 1000 g/mol. The van der Waals surface area contributed by atoms with Gasteiger partial charge in [-0.3, -0.25) is 0 Å². The maximum atomic E-state index is 15.5. The summed E-state index contributed by atoms with van der Waals surface area (Å²) in [6, 6.07) is 27.8. The van der Waals surface area contributed by atoms with Crippen molar-refractivity contribution in [1.29, 1.82) is 0 Å². The molecule has 11 rings (SSSR count). The number of ether oxygens (including phenoxy) is 4. The molecule has 75 heavy (non-hydrogen) atoms. The first kappa shape index (κ1) is 51.5. The zero-order chi connectivity index (χ0) is 51.9. The van der Waals surface area contributed by atoms with E-state index in [1.807, 2.05) is 36.4 Å². The molecule has 394 valence electrons. The highest BCUT2D eigenvalue weighted by molar-refractivity contribution is 7.92. The highest BCUT2D eigenvalue weighted by atomic mass is 32.2. The van der Waals surface area contributed by atoms with E-state index in [2.05, 4.69) is 13.8 Å². The lowest BCUT2D eigenvalue weighted by molar-refractivity contribution is 0.209. The number of rotatable bonds is 20. The van der Waals surface area contributed by atoms with Gasteiger partial charge in [-0.25, -0.2) is 25.3 Å². The van der Waals surface area contributed by atoms with E-state index in [0.29, 0.717) is 117 Å². The quantitative estimate of drug-likeness (QED) is 0.0678. The molecule has 5 aliphatic rings. The van der Waals surface area contributed by atoms with Gasteiger partial charge in [0, 0.05) is 55.6 Å². The van der Waals surface area contributed by atoms with Crippen molar-refractivity contribution in [3.63, 3.8) is 0 Å². The van der Waals surface area contributed by atoms with E-state index < -0.39 is 29.5 Å². The van der Waals surface area contributed by atoms with Crippen LogP contribution in [0.2, 0.25) is 0 Å². The molecule has 3 aliphatic heterocycles. The van der Waals surface area contributed by atoms with Crippen molar-refractivity contribution in [2.45, 2.75) is 159 Å². The van der Waals surface area contributed by atoms with Gasteiger partial charge in [-0.15, -0.1) is 0 Å². The first-order valence-corrected chi connectivity index (χ1v) is 32.0. The molecule has 10 nitrogen and oxygen atoms in total. The van der Waals surface area contributed by atoms with Crippen molar-refractivity contribution < 1.29 is 44.2 Å². The molecule has 0 atom stereocenters. The number of hydrogen-bond donors (Lipinski definition) is 0. The van der Waals surface area contributed by atoms with Crippen LogP contribution in [0.4, 0.5) is 0 Å². The molecule has 0 bridgehead atoms. The number of benzene rings is 6. The standard InChI is InChI=1S/C62H68O10S3/c1-3-5-7-19-29-69-53-31-49-43-25-15-17-27-57(43)73(63,64)59(49)35-45(53)47-37-61-51(33-55(47)71-39-41-21-11-9-12-22-41)52-34-56(72-40-42-23-13-10-14-24-42)48(38-62(52)75(61,67)68)46-36-60-50(32-54(46)70-30-20-8-6-4-2)44-26-16-18-28-58(44)74(60,65)66/h15-18,25-28,31-38,41-42H,3-14,19-24,29-30,39-40H2,1-2H3. The van der Waals surface area contributed by atoms with Crippen LogP contribution < -0.4 is 18.9 Å². The molecule has 0 spiro atoms. The van der Waals surface area contributed by atoms with Crippen molar-refractivity contribution in [1.82, 2.24) is 0 Å². The molecule has 0 N–H and O–H groups in total. The summed E-state index contributed by atoms with van der Waals surface area (Å²) >= 11 is 0. The number of hydrogen-bond acceptors (Lipinski definition) is 10. The molecule has 2 saturated carbocycles. The number of sulfone groups is 3. The summed E-state index contributed by atoms with van der Waals surface area (Å²) in [5.74, 6) is 2.36. The Bertz CT molecular complexity index is 3270. The Morgan fingerprint density at radius 3 is 1.03 bits per heavy atom. The third kappa shape index (κ3) is 9.68. The predicted octanol–water partition coefficient (Wildman–Crippen LogP) is 15.3. The summed E-state index contributed by atoms with van der Waals surface area (Å²) in [6.45, 7) is 5.90. The Kier molecular flexibility index (Phi) is 14.7. The molecule has 0 saturated heterocycles. The SMILES string of the molecule is CCCCCCOc1cc2c(cc1-c1cc3c(cc1OCC1CCCCC1)-c1cc(OCC4CCCCC4)c(-c4cc5c(cc4OCCCCCC)-c4ccccc4S5(=O)=O)cc1S3(=O)=O)S(=O)(=O)c1ccccc1-2. The van der Waals surface area contributed by atoms with Crippen molar-refractivity contribution in [3.8, 4) is 78.6 Å². The minimum atomic E-state index is -4.30. The van der Waals surface area contributed by atoms with Crippen LogP contribution in [-0.2, 0) is 29.5 Å². The summed E-state index contributed by atoms with van der Waals surface area (Å²) in [4.78, 5) is 0.809. The fourth-order valence-electron chi connectivity index (χ4n) is 12.0. The van der Waals surface area contributed by atoms with Crippen LogP contribution in [0.1, 0.15) is 129 Å². The molecule has 0 amide bonds. The summed E-state index contributed by atoms with van der Waals surface area (Å²) in [5.41, 5.74) is 4.91. The van der Waals surface area contributed by atoms with Gasteiger partial charge in [-0.1, -0.05) is 127 Å². The smallest absolute Gasteiger partial charge is 0.207 e. The third-order valence-corrected chi connectivity index (χ3v) is 21.7. The maximum absolute atomic E-state index is 15.5. The Balaban J connectivity index is 1.09. The number of unbranched alkanes of at least 4 members (excludes halogenated alkanes) is 6. The van der Waals surface area contributed by atoms with Crippen LogP contribution in [0.5, 0.6) is 23.0 Å². The van der Waals surface area contributed by atoms with Gasteiger partial charge >= 0.3 is 0 Å². The van der Waals surface area contributed by atoms with Gasteiger partial charge in [0.05, 0.1) is 55.8 Å². The van der Waals surface area contributed by atoms with Crippen LogP contribution in [-0.4, -0.2) is 51.7 Å². The first-order valence-electron chi connectivity index (χ1n) is 27.6. The Morgan fingerprint density at radius 1 is 0.347 bits per heavy atom. The van der Waals surface area contributed by atoms with Crippen molar-refractivity contribution in [2.75, 3.05) is 26.4 Å². The Morgan fingerprint density at radius 2 is 0.667 bits per heavy atom. The van der Waals surface area contributed by atoms with Crippen LogP contribution in [0.15, 0.2) is 126 Å².